The maximum Gasteiger partial charge on any atom is 0.150 e. The third kappa shape index (κ3) is 6.56. The molecule has 0 unspecified atom stereocenters. The summed E-state index contributed by atoms with van der Waals surface area (Å²) in [5, 5.41) is 2.87. The molecule has 0 amide bonds. The zero-order chi connectivity index (χ0) is 25.3. The molecule has 0 spiro atoms. The fourth-order valence-electron chi connectivity index (χ4n) is 3.97. The second-order valence-corrected chi connectivity index (χ2v) is 9.14. The van der Waals surface area contributed by atoms with Gasteiger partial charge in [-0.05, 0) is 83.7 Å². The van der Waals surface area contributed by atoms with Crippen molar-refractivity contribution in [2.75, 3.05) is 0 Å². The average Bonchev–Trinajstić information content (AvgIpc) is 2.90. The molecule has 4 rings (SSSR count). The number of rotatable bonds is 7. The molecule has 1 nitrogen and oxygen atoms in total. The van der Waals surface area contributed by atoms with E-state index in [4.69, 9.17) is 11.6 Å². The molecule has 0 bridgehead atoms. The van der Waals surface area contributed by atoms with Crippen molar-refractivity contribution >= 4 is 34.7 Å². The number of benzene rings is 4. The van der Waals surface area contributed by atoms with Gasteiger partial charge in [0.15, 0.2) is 5.82 Å². The van der Waals surface area contributed by atoms with E-state index in [1.165, 1.54) is 37.0 Å². The fourth-order valence-corrected chi connectivity index (χ4v) is 4.36. The van der Waals surface area contributed by atoms with Gasteiger partial charge in [0.05, 0.1) is 5.16 Å². The van der Waals surface area contributed by atoms with Crippen LogP contribution in [-0.2, 0) is 6.42 Å². The molecule has 0 saturated heterocycles. The number of hydrogen-bond donors (Lipinski definition) is 0. The number of thiocarbonyl (C=S) groups is 1. The highest BCUT2D eigenvalue weighted by atomic mass is 35.5. The van der Waals surface area contributed by atoms with Crippen LogP contribution in [0.1, 0.15) is 42.9 Å². The number of unbranched alkanes of at least 4 members (excludes halogenated alkanes) is 2. The summed E-state index contributed by atoms with van der Waals surface area (Å²) in [6.07, 6.45) is 4.86. The van der Waals surface area contributed by atoms with E-state index in [0.29, 0.717) is 10.6 Å². The van der Waals surface area contributed by atoms with E-state index in [2.05, 4.69) is 77.5 Å². The first-order valence-corrected chi connectivity index (χ1v) is 12.7. The summed E-state index contributed by atoms with van der Waals surface area (Å²) in [7, 11) is 0. The lowest BCUT2D eigenvalue weighted by Crippen LogP contribution is -1.87. The molecule has 0 saturated carbocycles. The van der Waals surface area contributed by atoms with Crippen LogP contribution in [0.3, 0.4) is 0 Å². The lowest BCUT2D eigenvalue weighted by atomic mass is 9.98. The smallest absolute Gasteiger partial charge is 0.150 e. The zero-order valence-corrected chi connectivity index (χ0v) is 21.6. The quantitative estimate of drug-likeness (QED) is 0.104. The van der Waals surface area contributed by atoms with E-state index >= 15 is 0 Å². The molecule has 178 valence electrons. The van der Waals surface area contributed by atoms with Crippen molar-refractivity contribution in [2.24, 2.45) is 4.99 Å². The van der Waals surface area contributed by atoms with Crippen molar-refractivity contribution < 1.29 is 4.39 Å². The number of isothiocyanates is 1. The highest BCUT2D eigenvalue weighted by Crippen LogP contribution is 2.32. The lowest BCUT2D eigenvalue weighted by molar-refractivity contribution is 0.629. The van der Waals surface area contributed by atoms with Crippen molar-refractivity contribution in [3.63, 3.8) is 0 Å². The van der Waals surface area contributed by atoms with E-state index < -0.39 is 5.82 Å². The minimum absolute atomic E-state index is 0.155. The summed E-state index contributed by atoms with van der Waals surface area (Å²) < 4.78 is 14.0. The Bertz CT molecular complexity index is 1460. The predicted octanol–water partition coefficient (Wildman–Crippen LogP) is 9.68. The molecule has 0 atom stereocenters. The number of nitrogens with zero attached hydrogens (tertiary/aromatic N) is 1. The third-order valence-corrected chi connectivity index (χ3v) is 6.39. The first kappa shape index (κ1) is 25.5. The molecular weight excluding hydrogens is 485 g/mol. The molecule has 0 radical (unpaired) electrons. The largest absolute Gasteiger partial charge is 0.205 e. The minimum atomic E-state index is -0.476. The molecule has 0 N–H and O–H groups in total. The summed E-state index contributed by atoms with van der Waals surface area (Å²) in [4.78, 5) is 3.68. The minimum Gasteiger partial charge on any atom is -0.205 e. The second kappa shape index (κ2) is 12.4. The van der Waals surface area contributed by atoms with Gasteiger partial charge in [-0.1, -0.05) is 91.7 Å². The Morgan fingerprint density at radius 1 is 0.778 bits per heavy atom. The first-order valence-electron chi connectivity index (χ1n) is 12.0. The van der Waals surface area contributed by atoms with Crippen molar-refractivity contribution in [2.45, 2.75) is 32.6 Å². The normalized spacial score (nSPS) is 10.3. The molecule has 0 heterocycles. The Hall–Kier alpha value is -3.54. The molecular formula is C32H25ClFNS. The summed E-state index contributed by atoms with van der Waals surface area (Å²) in [6.45, 7) is 2.23. The molecule has 0 aliphatic rings. The topological polar surface area (TPSA) is 12.4 Å². The third-order valence-electron chi connectivity index (χ3n) is 5.99. The second-order valence-electron chi connectivity index (χ2n) is 8.55. The molecule has 4 heteroatoms. The monoisotopic (exact) mass is 509 g/mol. The molecule has 0 aromatic heterocycles. The standard InChI is InChI=1S/C32H25ClFNS/c1-2-3-4-5-23-8-13-26(14-9-23)28-17-18-29(30(33)21-28)27-15-10-24(11-16-27)6-7-25-12-19-32(35-22-36)31(34)20-25/h8-21H,2-5H2,1H3. The van der Waals surface area contributed by atoms with E-state index in [-0.39, 0.29) is 5.69 Å². The summed E-state index contributed by atoms with van der Waals surface area (Å²) in [6, 6.07) is 27.4. The maximum atomic E-state index is 14.0. The van der Waals surface area contributed by atoms with Gasteiger partial charge in [0, 0.05) is 21.7 Å². The Kier molecular flexibility index (Phi) is 8.82. The van der Waals surface area contributed by atoms with Crippen molar-refractivity contribution in [1.82, 2.24) is 0 Å². The van der Waals surface area contributed by atoms with Crippen LogP contribution in [0.5, 0.6) is 0 Å². The van der Waals surface area contributed by atoms with Gasteiger partial charge < -0.3 is 0 Å². The van der Waals surface area contributed by atoms with Gasteiger partial charge in [-0.25, -0.2) is 4.39 Å². The summed E-state index contributed by atoms with van der Waals surface area (Å²) in [5.74, 6) is 5.57. The SMILES string of the molecule is CCCCCc1ccc(-c2ccc(-c3ccc(C#Cc4ccc(N=C=S)c(F)c4)cc3)c(Cl)c2)cc1. The van der Waals surface area contributed by atoms with Crippen LogP contribution in [-0.4, -0.2) is 5.16 Å². The van der Waals surface area contributed by atoms with Crippen LogP contribution >= 0.6 is 23.8 Å². The van der Waals surface area contributed by atoms with Crippen LogP contribution in [0.4, 0.5) is 10.1 Å². The predicted molar refractivity (Wildman–Crippen MR) is 153 cm³/mol. The Morgan fingerprint density at radius 3 is 2.11 bits per heavy atom. The average molecular weight is 510 g/mol. The maximum absolute atomic E-state index is 14.0. The number of halogens is 2. The number of aliphatic imine (C=N–C) groups is 1. The van der Waals surface area contributed by atoms with Gasteiger partial charge >= 0.3 is 0 Å². The van der Waals surface area contributed by atoms with E-state index in [0.717, 1.165) is 34.2 Å². The highest BCUT2D eigenvalue weighted by Gasteiger charge is 2.07. The molecule has 4 aromatic rings. The van der Waals surface area contributed by atoms with E-state index in [1.807, 2.05) is 30.3 Å². The van der Waals surface area contributed by atoms with Gasteiger partial charge in [0.25, 0.3) is 0 Å². The Balaban J connectivity index is 1.47. The van der Waals surface area contributed by atoms with Gasteiger partial charge in [-0.2, -0.15) is 4.99 Å². The van der Waals surface area contributed by atoms with Crippen LogP contribution in [0, 0.1) is 17.7 Å². The highest BCUT2D eigenvalue weighted by molar-refractivity contribution is 7.78. The molecule has 4 aromatic carbocycles. The number of aryl methyl sites for hydroxylation is 1. The number of hydrogen-bond acceptors (Lipinski definition) is 2. The van der Waals surface area contributed by atoms with E-state index in [9.17, 15) is 4.39 Å². The molecule has 0 aliphatic heterocycles. The van der Waals surface area contributed by atoms with Gasteiger partial charge in [-0.3, -0.25) is 0 Å². The van der Waals surface area contributed by atoms with Crippen LogP contribution in [0.25, 0.3) is 22.3 Å². The summed E-state index contributed by atoms with van der Waals surface area (Å²) in [5.41, 5.74) is 7.15. The summed E-state index contributed by atoms with van der Waals surface area (Å²) >= 11 is 11.2. The first-order chi connectivity index (χ1) is 17.6. The molecule has 36 heavy (non-hydrogen) atoms. The van der Waals surface area contributed by atoms with Crippen molar-refractivity contribution in [3.8, 4) is 34.1 Å². The van der Waals surface area contributed by atoms with Crippen molar-refractivity contribution in [1.29, 1.82) is 0 Å². The molecule has 0 fully saturated rings. The lowest BCUT2D eigenvalue weighted by Gasteiger charge is -2.09. The Morgan fingerprint density at radius 2 is 1.44 bits per heavy atom. The van der Waals surface area contributed by atoms with Gasteiger partial charge in [-0.15, -0.1) is 0 Å². The van der Waals surface area contributed by atoms with Gasteiger partial charge in [0.1, 0.15) is 5.69 Å². The van der Waals surface area contributed by atoms with Crippen LogP contribution in [0.2, 0.25) is 5.02 Å². The van der Waals surface area contributed by atoms with Crippen LogP contribution < -0.4 is 0 Å². The van der Waals surface area contributed by atoms with E-state index in [1.54, 1.807) is 6.07 Å². The van der Waals surface area contributed by atoms with Gasteiger partial charge in [0.2, 0.25) is 0 Å². The van der Waals surface area contributed by atoms with Crippen LogP contribution in [0.15, 0.2) is 89.9 Å². The molecule has 0 aliphatic carbocycles. The Labute approximate surface area is 222 Å². The van der Waals surface area contributed by atoms with Crippen molar-refractivity contribution in [3.05, 3.63) is 112 Å². The zero-order valence-electron chi connectivity index (χ0n) is 20.0. The fraction of sp³-hybridized carbons (Fsp3) is 0.156.